The van der Waals surface area contributed by atoms with E-state index in [0.29, 0.717) is 27.2 Å². The third-order valence-corrected chi connectivity index (χ3v) is 6.26. The first kappa shape index (κ1) is 17.9. The van der Waals surface area contributed by atoms with Gasteiger partial charge in [-0.1, -0.05) is 42.1 Å². The van der Waals surface area contributed by atoms with E-state index in [0.717, 1.165) is 16.8 Å². The number of fused-ring (bicyclic) bond motifs is 1. The zero-order chi connectivity index (χ0) is 19.8. The van der Waals surface area contributed by atoms with E-state index in [1.807, 2.05) is 54.8 Å². The van der Waals surface area contributed by atoms with Gasteiger partial charge in [-0.25, -0.2) is 4.98 Å². The molecule has 5 aromatic rings. The number of thiophene rings is 1. The lowest BCUT2D eigenvalue weighted by atomic mass is 10.1. The zero-order valence-corrected chi connectivity index (χ0v) is 16.9. The molecule has 2 N–H and O–H groups in total. The van der Waals surface area contributed by atoms with Gasteiger partial charge in [0, 0.05) is 17.1 Å². The highest BCUT2D eigenvalue weighted by molar-refractivity contribution is 7.99. The van der Waals surface area contributed by atoms with Crippen LogP contribution in [-0.4, -0.2) is 25.1 Å². The summed E-state index contributed by atoms with van der Waals surface area (Å²) in [4.78, 5) is 24.2. The Morgan fingerprint density at radius 1 is 1.14 bits per heavy atom. The average Bonchev–Trinajstić information content (AvgIpc) is 3.49. The molecule has 0 radical (unpaired) electrons. The third-order valence-electron chi connectivity index (χ3n) is 4.44. The van der Waals surface area contributed by atoms with Crippen LogP contribution in [0.1, 0.15) is 18.0 Å². The van der Waals surface area contributed by atoms with Crippen molar-refractivity contribution in [2.75, 3.05) is 0 Å². The third kappa shape index (κ3) is 3.39. The van der Waals surface area contributed by atoms with Crippen LogP contribution >= 0.6 is 23.1 Å². The summed E-state index contributed by atoms with van der Waals surface area (Å²) in [5.41, 5.74) is 2.52. The standard InChI is InChI=1S/C20H15N5O2S2/c1-11(29-20-25-24-18(27-20)14-8-5-9-21-14)16-22-17(26)15-13(10-28-19(15)23-16)12-6-3-2-4-7-12/h2-11,21H,1H3,(H,22,23,26)/t11-/m1/s1. The summed E-state index contributed by atoms with van der Waals surface area (Å²) in [5, 5.41) is 11.0. The summed E-state index contributed by atoms with van der Waals surface area (Å²) < 4.78 is 5.69. The van der Waals surface area contributed by atoms with Crippen molar-refractivity contribution in [1.82, 2.24) is 25.1 Å². The van der Waals surface area contributed by atoms with Crippen LogP contribution < -0.4 is 5.56 Å². The molecule has 0 aliphatic carbocycles. The predicted octanol–water partition coefficient (Wildman–Crippen LogP) is 4.88. The molecule has 0 fully saturated rings. The van der Waals surface area contributed by atoms with Gasteiger partial charge < -0.3 is 14.4 Å². The molecule has 0 spiro atoms. The van der Waals surface area contributed by atoms with Gasteiger partial charge in [-0.3, -0.25) is 4.79 Å². The molecule has 0 aliphatic heterocycles. The van der Waals surface area contributed by atoms with E-state index in [1.165, 1.54) is 23.1 Å². The Kier molecular flexibility index (Phi) is 4.53. The molecule has 0 amide bonds. The quantitative estimate of drug-likeness (QED) is 0.392. The van der Waals surface area contributed by atoms with Gasteiger partial charge in [0.05, 0.1) is 10.6 Å². The van der Waals surface area contributed by atoms with E-state index < -0.39 is 0 Å². The number of nitrogens with one attached hydrogen (secondary N) is 2. The van der Waals surface area contributed by atoms with Gasteiger partial charge in [0.2, 0.25) is 0 Å². The van der Waals surface area contributed by atoms with Crippen molar-refractivity contribution in [2.24, 2.45) is 0 Å². The Hall–Kier alpha value is -3.17. The molecule has 0 aliphatic rings. The molecule has 0 unspecified atom stereocenters. The lowest BCUT2D eigenvalue weighted by molar-refractivity contribution is 0.463. The van der Waals surface area contributed by atoms with Gasteiger partial charge in [-0.2, -0.15) is 0 Å². The number of rotatable bonds is 5. The molecule has 0 saturated carbocycles. The fourth-order valence-electron chi connectivity index (χ4n) is 3.02. The minimum Gasteiger partial charge on any atom is -0.410 e. The Morgan fingerprint density at radius 3 is 2.79 bits per heavy atom. The summed E-state index contributed by atoms with van der Waals surface area (Å²) in [6.07, 6.45) is 1.80. The lowest BCUT2D eigenvalue weighted by Crippen LogP contribution is -2.12. The van der Waals surface area contributed by atoms with E-state index in [-0.39, 0.29) is 10.8 Å². The molecule has 7 nitrogen and oxygen atoms in total. The zero-order valence-electron chi connectivity index (χ0n) is 15.2. The summed E-state index contributed by atoms with van der Waals surface area (Å²) in [7, 11) is 0. The van der Waals surface area contributed by atoms with E-state index in [1.54, 1.807) is 6.20 Å². The van der Waals surface area contributed by atoms with Gasteiger partial charge in [-0.15, -0.1) is 21.5 Å². The number of H-pyrrole nitrogens is 2. The van der Waals surface area contributed by atoms with Crippen molar-refractivity contribution < 1.29 is 4.42 Å². The van der Waals surface area contributed by atoms with Crippen LogP contribution in [-0.2, 0) is 0 Å². The molecule has 29 heavy (non-hydrogen) atoms. The van der Waals surface area contributed by atoms with Crippen molar-refractivity contribution >= 4 is 33.3 Å². The maximum atomic E-state index is 12.8. The number of thioether (sulfide) groups is 1. The fraction of sp³-hybridized carbons (Fsp3) is 0.100. The van der Waals surface area contributed by atoms with Gasteiger partial charge in [0.1, 0.15) is 16.3 Å². The molecule has 9 heteroatoms. The minimum absolute atomic E-state index is 0.143. The Balaban J connectivity index is 1.44. The maximum absolute atomic E-state index is 12.8. The first-order valence-electron chi connectivity index (χ1n) is 8.90. The number of benzene rings is 1. The molecular formula is C20H15N5O2S2. The summed E-state index contributed by atoms with van der Waals surface area (Å²) >= 11 is 2.82. The first-order chi connectivity index (χ1) is 14.2. The van der Waals surface area contributed by atoms with Crippen LogP contribution in [0.4, 0.5) is 0 Å². The Morgan fingerprint density at radius 2 is 2.00 bits per heavy atom. The smallest absolute Gasteiger partial charge is 0.277 e. The second-order valence-corrected chi connectivity index (χ2v) is 8.51. The molecule has 1 atom stereocenters. The molecule has 1 aromatic carbocycles. The summed E-state index contributed by atoms with van der Waals surface area (Å²) in [6, 6.07) is 13.6. The van der Waals surface area contributed by atoms with Crippen LogP contribution in [0.5, 0.6) is 0 Å². The van der Waals surface area contributed by atoms with E-state index >= 15 is 0 Å². The van der Waals surface area contributed by atoms with Gasteiger partial charge in [-0.05, 0) is 24.6 Å². The van der Waals surface area contributed by atoms with Crippen LogP contribution in [0, 0.1) is 0 Å². The molecule has 144 valence electrons. The predicted molar refractivity (Wildman–Crippen MR) is 114 cm³/mol. The lowest BCUT2D eigenvalue weighted by Gasteiger charge is -2.07. The molecule has 4 aromatic heterocycles. The normalized spacial score (nSPS) is 12.4. The summed E-state index contributed by atoms with van der Waals surface area (Å²) in [5.74, 6) is 1.00. The average molecular weight is 422 g/mol. The van der Waals surface area contributed by atoms with Crippen LogP contribution in [0.25, 0.3) is 32.9 Å². The number of aromatic amines is 2. The van der Waals surface area contributed by atoms with E-state index in [4.69, 9.17) is 4.42 Å². The van der Waals surface area contributed by atoms with Gasteiger partial charge in [0.15, 0.2) is 0 Å². The monoisotopic (exact) mass is 421 g/mol. The second-order valence-electron chi connectivity index (χ2n) is 6.36. The molecule has 5 rings (SSSR count). The number of hydrogen-bond donors (Lipinski definition) is 2. The van der Waals surface area contributed by atoms with E-state index in [2.05, 4.69) is 25.1 Å². The largest absolute Gasteiger partial charge is 0.410 e. The fourth-order valence-corrected chi connectivity index (χ4v) is 4.72. The van der Waals surface area contributed by atoms with E-state index in [9.17, 15) is 4.79 Å². The van der Waals surface area contributed by atoms with Crippen LogP contribution in [0.3, 0.4) is 0 Å². The highest BCUT2D eigenvalue weighted by atomic mass is 32.2. The Bertz CT molecular complexity index is 1320. The molecule has 4 heterocycles. The molecule has 0 bridgehead atoms. The SMILES string of the molecule is C[C@@H](Sc1nnc(-c2ccc[nH]2)o1)c1nc2scc(-c3ccccc3)c2c(=O)[nH]1. The number of nitrogens with zero attached hydrogens (tertiary/aromatic N) is 3. The highest BCUT2D eigenvalue weighted by Gasteiger charge is 2.19. The van der Waals surface area contributed by atoms with Crippen molar-refractivity contribution in [2.45, 2.75) is 17.4 Å². The first-order valence-corrected chi connectivity index (χ1v) is 10.7. The topological polar surface area (TPSA) is 100 Å². The van der Waals surface area contributed by atoms with Gasteiger partial charge >= 0.3 is 0 Å². The summed E-state index contributed by atoms with van der Waals surface area (Å²) in [6.45, 7) is 1.94. The van der Waals surface area contributed by atoms with Crippen LogP contribution in [0.15, 0.2) is 68.5 Å². The van der Waals surface area contributed by atoms with Gasteiger partial charge in [0.25, 0.3) is 16.7 Å². The Labute approximate surface area is 173 Å². The number of hydrogen-bond acceptors (Lipinski definition) is 7. The molecule has 0 saturated heterocycles. The minimum atomic E-state index is -0.161. The number of aromatic nitrogens is 5. The van der Waals surface area contributed by atoms with Crippen molar-refractivity contribution in [1.29, 1.82) is 0 Å². The van der Waals surface area contributed by atoms with Crippen molar-refractivity contribution in [3.8, 4) is 22.7 Å². The maximum Gasteiger partial charge on any atom is 0.277 e. The van der Waals surface area contributed by atoms with Crippen molar-refractivity contribution in [3.05, 3.63) is 70.2 Å². The van der Waals surface area contributed by atoms with Crippen molar-refractivity contribution in [3.63, 3.8) is 0 Å². The highest BCUT2D eigenvalue weighted by Crippen LogP contribution is 2.35. The molecular weight excluding hydrogens is 406 g/mol. The van der Waals surface area contributed by atoms with Crippen LogP contribution in [0.2, 0.25) is 0 Å². The second kappa shape index (κ2) is 7.34.